The van der Waals surface area contributed by atoms with Crippen molar-refractivity contribution in [3.63, 3.8) is 0 Å². The summed E-state index contributed by atoms with van der Waals surface area (Å²) >= 11 is 0. The molecule has 0 spiro atoms. The van der Waals surface area contributed by atoms with E-state index in [9.17, 15) is 15.2 Å². The van der Waals surface area contributed by atoms with E-state index in [0.29, 0.717) is 42.3 Å². The number of amides is 1. The third kappa shape index (κ3) is 7.04. The van der Waals surface area contributed by atoms with Gasteiger partial charge in [0.05, 0.1) is 38.3 Å². The number of furan rings is 1. The number of ether oxygens (including phenoxy) is 3. The average Bonchev–Trinajstić information content (AvgIpc) is 3.67. The fourth-order valence-corrected chi connectivity index (χ4v) is 5.08. The van der Waals surface area contributed by atoms with Gasteiger partial charge in [-0.2, -0.15) is 5.26 Å². The van der Waals surface area contributed by atoms with Gasteiger partial charge in [0.15, 0.2) is 5.58 Å². The first-order valence-corrected chi connectivity index (χ1v) is 13.8. The molecule has 2 N–H and O–H groups in total. The number of nitrogens with zero attached hydrogens (tertiary/aromatic N) is 2. The molecule has 1 saturated heterocycles. The van der Waals surface area contributed by atoms with Gasteiger partial charge >= 0.3 is 0 Å². The molecule has 2 fully saturated rings. The summed E-state index contributed by atoms with van der Waals surface area (Å²) in [5.41, 5.74) is 4.46. The lowest BCUT2D eigenvalue weighted by Gasteiger charge is -2.23. The van der Waals surface area contributed by atoms with Crippen molar-refractivity contribution < 1.29 is 28.5 Å². The van der Waals surface area contributed by atoms with Gasteiger partial charge in [0.25, 0.3) is 5.91 Å². The Morgan fingerprint density at radius 1 is 1.10 bits per heavy atom. The molecule has 0 radical (unpaired) electrons. The molecule has 0 bridgehead atoms. The summed E-state index contributed by atoms with van der Waals surface area (Å²) in [6.07, 6.45) is 7.16. The standard InChI is InChI=1S/C19H16N2O3.C13H17NO3/c20-12-14-11-13(16-3-7-21-17-6-10-23-19(16)17)1-2-18(14)24-15-4-8-22-9-5-15;1-17-12-4-2-3-9(7-12)13(16)14-10-5-6-11(15)8-10/h1-3,6-7,10-11,15H,4-5,8-9H2;2-4,7,10-11,15H,5-6,8H2,1H3,(H,14,16). The number of methoxy groups -OCH3 is 1. The summed E-state index contributed by atoms with van der Waals surface area (Å²) in [6, 6.07) is 18.7. The van der Waals surface area contributed by atoms with Crippen LogP contribution in [0.5, 0.6) is 11.5 Å². The van der Waals surface area contributed by atoms with E-state index in [1.54, 1.807) is 43.8 Å². The Hall–Kier alpha value is -4.39. The van der Waals surface area contributed by atoms with E-state index < -0.39 is 0 Å². The number of carbonyl (C=O) groups excluding carboxylic acids is 1. The summed E-state index contributed by atoms with van der Waals surface area (Å²) in [5, 5.41) is 21.8. The molecular weight excluding hydrogens is 522 g/mol. The highest BCUT2D eigenvalue weighted by Gasteiger charge is 2.24. The molecule has 4 aromatic rings. The van der Waals surface area contributed by atoms with E-state index in [0.717, 1.165) is 47.9 Å². The zero-order valence-corrected chi connectivity index (χ0v) is 22.9. The molecule has 1 saturated carbocycles. The van der Waals surface area contributed by atoms with Crippen LogP contribution in [-0.4, -0.2) is 54.6 Å². The summed E-state index contributed by atoms with van der Waals surface area (Å²) in [6.45, 7) is 1.41. The quantitative estimate of drug-likeness (QED) is 0.330. The fraction of sp³-hybridized carbons (Fsp3) is 0.344. The Bertz CT molecular complexity index is 1520. The Kier molecular flexibility index (Phi) is 9.14. The van der Waals surface area contributed by atoms with Crippen LogP contribution >= 0.6 is 0 Å². The zero-order chi connectivity index (χ0) is 28.6. The molecule has 212 valence electrons. The first-order valence-electron chi connectivity index (χ1n) is 13.8. The Labute approximate surface area is 238 Å². The number of hydrogen-bond acceptors (Lipinski definition) is 8. The van der Waals surface area contributed by atoms with Crippen molar-refractivity contribution in [2.45, 2.75) is 50.4 Å². The number of aromatic nitrogens is 1. The molecule has 1 aliphatic heterocycles. The Balaban J connectivity index is 0.000000175. The maximum Gasteiger partial charge on any atom is 0.251 e. The van der Waals surface area contributed by atoms with Gasteiger partial charge < -0.3 is 29.1 Å². The monoisotopic (exact) mass is 555 g/mol. The number of fused-ring (bicyclic) bond motifs is 1. The molecule has 41 heavy (non-hydrogen) atoms. The van der Waals surface area contributed by atoms with Gasteiger partial charge in [0, 0.05) is 42.3 Å². The molecule has 1 amide bonds. The zero-order valence-electron chi connectivity index (χ0n) is 22.9. The van der Waals surface area contributed by atoms with Crippen LogP contribution in [0, 0.1) is 11.3 Å². The number of aliphatic hydroxyl groups excluding tert-OH is 1. The fourth-order valence-electron chi connectivity index (χ4n) is 5.08. The molecule has 2 aromatic carbocycles. The summed E-state index contributed by atoms with van der Waals surface area (Å²) in [4.78, 5) is 16.2. The van der Waals surface area contributed by atoms with Crippen LogP contribution in [0.25, 0.3) is 22.2 Å². The highest BCUT2D eigenvalue weighted by Crippen LogP contribution is 2.32. The van der Waals surface area contributed by atoms with E-state index in [-0.39, 0.29) is 24.2 Å². The molecule has 3 heterocycles. The molecule has 2 aliphatic rings. The number of carbonyl (C=O) groups is 1. The molecule has 9 heteroatoms. The van der Waals surface area contributed by atoms with Crippen molar-refractivity contribution in [1.29, 1.82) is 5.26 Å². The van der Waals surface area contributed by atoms with Gasteiger partial charge in [-0.3, -0.25) is 9.78 Å². The number of rotatable bonds is 6. The lowest BCUT2D eigenvalue weighted by molar-refractivity contribution is 0.0254. The minimum Gasteiger partial charge on any atom is -0.497 e. The van der Waals surface area contributed by atoms with Crippen molar-refractivity contribution in [2.24, 2.45) is 0 Å². The van der Waals surface area contributed by atoms with Gasteiger partial charge in [-0.25, -0.2) is 0 Å². The second-order valence-electron chi connectivity index (χ2n) is 10.1. The number of aliphatic hydroxyl groups is 1. The topological polar surface area (TPSA) is 127 Å². The van der Waals surface area contributed by atoms with E-state index in [4.69, 9.17) is 18.6 Å². The minimum atomic E-state index is -0.273. The highest BCUT2D eigenvalue weighted by atomic mass is 16.5. The third-order valence-electron chi connectivity index (χ3n) is 7.29. The van der Waals surface area contributed by atoms with Crippen molar-refractivity contribution >= 4 is 17.0 Å². The van der Waals surface area contributed by atoms with Crippen LogP contribution < -0.4 is 14.8 Å². The average molecular weight is 556 g/mol. The predicted octanol–water partition coefficient (Wildman–Crippen LogP) is 5.26. The highest BCUT2D eigenvalue weighted by molar-refractivity contribution is 5.94. The van der Waals surface area contributed by atoms with Crippen LogP contribution in [0.2, 0.25) is 0 Å². The second kappa shape index (κ2) is 13.3. The van der Waals surface area contributed by atoms with E-state index in [1.165, 1.54) is 0 Å². The minimum absolute atomic E-state index is 0.0868. The normalized spacial score (nSPS) is 18.7. The summed E-state index contributed by atoms with van der Waals surface area (Å²) in [7, 11) is 1.57. The molecule has 6 rings (SSSR count). The van der Waals surface area contributed by atoms with Crippen LogP contribution in [0.4, 0.5) is 0 Å². The second-order valence-corrected chi connectivity index (χ2v) is 10.1. The molecule has 1 aliphatic carbocycles. The molecule has 2 atom stereocenters. The maximum atomic E-state index is 11.9. The molecule has 9 nitrogen and oxygen atoms in total. The Morgan fingerprint density at radius 2 is 1.95 bits per heavy atom. The van der Waals surface area contributed by atoms with Crippen LogP contribution in [0.15, 0.2) is 71.5 Å². The third-order valence-corrected chi connectivity index (χ3v) is 7.29. The van der Waals surface area contributed by atoms with Gasteiger partial charge in [-0.05, 0) is 61.2 Å². The lowest BCUT2D eigenvalue weighted by atomic mass is 10.0. The smallest absolute Gasteiger partial charge is 0.251 e. The predicted molar refractivity (Wildman–Crippen MR) is 153 cm³/mol. The number of hydrogen-bond donors (Lipinski definition) is 2. The lowest BCUT2D eigenvalue weighted by Crippen LogP contribution is -2.33. The van der Waals surface area contributed by atoms with Crippen LogP contribution in [-0.2, 0) is 4.74 Å². The van der Waals surface area contributed by atoms with Gasteiger partial charge in [0.1, 0.15) is 29.2 Å². The first-order chi connectivity index (χ1) is 20.0. The molecular formula is C32H33N3O6. The van der Waals surface area contributed by atoms with Crippen molar-refractivity contribution in [2.75, 3.05) is 20.3 Å². The number of benzene rings is 2. The van der Waals surface area contributed by atoms with Crippen molar-refractivity contribution in [1.82, 2.24) is 10.3 Å². The molecule has 2 aromatic heterocycles. The van der Waals surface area contributed by atoms with Crippen molar-refractivity contribution in [3.8, 4) is 28.7 Å². The van der Waals surface area contributed by atoms with Gasteiger partial charge in [0.2, 0.25) is 0 Å². The molecule has 2 unspecified atom stereocenters. The van der Waals surface area contributed by atoms with Gasteiger partial charge in [-0.1, -0.05) is 12.1 Å². The van der Waals surface area contributed by atoms with Crippen LogP contribution in [0.1, 0.15) is 48.0 Å². The van der Waals surface area contributed by atoms with Crippen LogP contribution in [0.3, 0.4) is 0 Å². The van der Waals surface area contributed by atoms with E-state index in [1.807, 2.05) is 30.3 Å². The SMILES string of the molecule is COc1cccc(C(=O)NC2CCC(O)C2)c1.N#Cc1cc(-c2ccnc3ccoc23)ccc1OC1CCOCC1. The first kappa shape index (κ1) is 28.1. The Morgan fingerprint density at radius 3 is 2.71 bits per heavy atom. The number of pyridine rings is 1. The summed E-state index contributed by atoms with van der Waals surface area (Å²) < 4.78 is 22.0. The van der Waals surface area contributed by atoms with Crippen molar-refractivity contribution in [3.05, 3.63) is 78.2 Å². The number of nitrogens with one attached hydrogen (secondary N) is 1. The van der Waals surface area contributed by atoms with E-state index >= 15 is 0 Å². The largest absolute Gasteiger partial charge is 0.497 e. The summed E-state index contributed by atoms with van der Waals surface area (Å²) in [5.74, 6) is 1.19. The maximum absolute atomic E-state index is 11.9. The number of nitriles is 1. The van der Waals surface area contributed by atoms with E-state index in [2.05, 4.69) is 16.4 Å². The van der Waals surface area contributed by atoms with Gasteiger partial charge in [-0.15, -0.1) is 0 Å².